The van der Waals surface area contributed by atoms with E-state index in [1.165, 1.54) is 18.2 Å². The van der Waals surface area contributed by atoms with Gasteiger partial charge in [0, 0.05) is 5.69 Å². The number of carboxylic acids is 1. The van der Waals surface area contributed by atoms with Crippen LogP contribution < -0.4 is 15.2 Å². The fraction of sp³-hybridized carbons (Fsp3) is 0.0385. The summed E-state index contributed by atoms with van der Waals surface area (Å²) >= 11 is 0. The van der Waals surface area contributed by atoms with Crippen LogP contribution in [-0.4, -0.2) is 16.2 Å². The number of phenols is 1. The minimum absolute atomic E-state index is 0.200. The molecule has 0 unspecified atom stereocenters. The van der Waals surface area contributed by atoms with Crippen molar-refractivity contribution < 1.29 is 24.5 Å². The predicted octanol–water partition coefficient (Wildman–Crippen LogP) is 5.71. The van der Waals surface area contributed by atoms with Crippen molar-refractivity contribution in [2.75, 3.05) is 5.73 Å². The molecular formula is C26H21NO5. The topological polar surface area (TPSA) is 102 Å². The molecule has 0 spiro atoms. The average Bonchev–Trinajstić information content (AvgIpc) is 2.80. The molecule has 0 amide bonds. The lowest BCUT2D eigenvalue weighted by Gasteiger charge is -2.11. The maximum absolute atomic E-state index is 11.2. The molecule has 160 valence electrons. The highest BCUT2D eigenvalue weighted by atomic mass is 16.5. The summed E-state index contributed by atoms with van der Waals surface area (Å²) in [4.78, 5) is 11.2. The molecule has 0 aliphatic heterocycles. The van der Waals surface area contributed by atoms with Gasteiger partial charge in [0.25, 0.3) is 0 Å². The van der Waals surface area contributed by atoms with E-state index in [1.807, 2.05) is 60.7 Å². The zero-order valence-electron chi connectivity index (χ0n) is 17.1. The number of anilines is 1. The van der Waals surface area contributed by atoms with Crippen LogP contribution in [0.1, 0.15) is 15.9 Å². The Labute approximate surface area is 185 Å². The Morgan fingerprint density at radius 3 is 2.22 bits per heavy atom. The second-order valence-electron chi connectivity index (χ2n) is 7.17. The van der Waals surface area contributed by atoms with E-state index in [2.05, 4.69) is 0 Å². The lowest BCUT2D eigenvalue weighted by Crippen LogP contribution is -2.00. The van der Waals surface area contributed by atoms with E-state index < -0.39 is 5.97 Å². The number of benzene rings is 4. The normalized spacial score (nSPS) is 10.5. The van der Waals surface area contributed by atoms with Gasteiger partial charge in [0.2, 0.25) is 0 Å². The smallest absolute Gasteiger partial charge is 0.339 e. The molecule has 6 nitrogen and oxygen atoms in total. The molecule has 0 heterocycles. The largest absolute Gasteiger partial charge is 0.507 e. The minimum atomic E-state index is -1.21. The third-order valence-electron chi connectivity index (χ3n) is 4.81. The molecule has 4 rings (SSSR count). The minimum Gasteiger partial charge on any atom is -0.507 e. The van der Waals surface area contributed by atoms with Crippen molar-refractivity contribution in [3.63, 3.8) is 0 Å². The predicted molar refractivity (Wildman–Crippen MR) is 122 cm³/mol. The Bertz CT molecular complexity index is 1250. The monoisotopic (exact) mass is 427 g/mol. The van der Waals surface area contributed by atoms with E-state index in [4.69, 9.17) is 20.3 Å². The molecule has 0 aliphatic carbocycles. The highest BCUT2D eigenvalue weighted by Crippen LogP contribution is 2.29. The van der Waals surface area contributed by atoms with Gasteiger partial charge in [-0.1, -0.05) is 30.3 Å². The summed E-state index contributed by atoms with van der Waals surface area (Å²) in [5.74, 6) is 0.265. The summed E-state index contributed by atoms with van der Waals surface area (Å²) in [7, 11) is 0. The molecule has 32 heavy (non-hydrogen) atoms. The number of nitrogen functional groups attached to an aromatic ring is 1. The summed E-state index contributed by atoms with van der Waals surface area (Å²) in [5, 5.41) is 18.8. The Kier molecular flexibility index (Phi) is 5.94. The van der Waals surface area contributed by atoms with Crippen LogP contribution >= 0.6 is 0 Å². The van der Waals surface area contributed by atoms with Crippen LogP contribution in [0, 0.1) is 0 Å². The first-order chi connectivity index (χ1) is 15.5. The van der Waals surface area contributed by atoms with Gasteiger partial charge in [-0.15, -0.1) is 0 Å². The molecule has 0 saturated carbocycles. The van der Waals surface area contributed by atoms with Crippen LogP contribution in [0.25, 0.3) is 11.1 Å². The quantitative estimate of drug-likeness (QED) is 0.327. The van der Waals surface area contributed by atoms with Crippen molar-refractivity contribution in [2.45, 2.75) is 6.61 Å². The number of ether oxygens (including phenoxy) is 2. The second-order valence-corrected chi connectivity index (χ2v) is 7.17. The Hall–Kier alpha value is -4.45. The number of carboxylic acid groups (broad SMARTS) is 1. The molecule has 4 N–H and O–H groups in total. The van der Waals surface area contributed by atoms with Gasteiger partial charge < -0.3 is 25.4 Å². The first-order valence-electron chi connectivity index (χ1n) is 9.90. The van der Waals surface area contributed by atoms with Crippen LogP contribution in [0.2, 0.25) is 0 Å². The number of aromatic carboxylic acids is 1. The van der Waals surface area contributed by atoms with E-state index in [1.54, 1.807) is 12.1 Å². The van der Waals surface area contributed by atoms with Gasteiger partial charge in [0.05, 0.1) is 0 Å². The van der Waals surface area contributed by atoms with Crippen molar-refractivity contribution in [2.24, 2.45) is 0 Å². The lowest BCUT2D eigenvalue weighted by atomic mass is 10.0. The highest BCUT2D eigenvalue weighted by molar-refractivity contribution is 5.91. The van der Waals surface area contributed by atoms with Crippen molar-refractivity contribution in [1.82, 2.24) is 0 Å². The van der Waals surface area contributed by atoms with Gasteiger partial charge in [-0.05, 0) is 77.4 Å². The summed E-state index contributed by atoms with van der Waals surface area (Å²) in [6, 6.07) is 27.0. The summed E-state index contributed by atoms with van der Waals surface area (Å²) in [5.41, 5.74) is 9.09. The second kappa shape index (κ2) is 9.14. The lowest BCUT2D eigenvalue weighted by molar-refractivity contribution is 0.0693. The van der Waals surface area contributed by atoms with Crippen LogP contribution in [0.15, 0.2) is 91.0 Å². The van der Waals surface area contributed by atoms with Crippen LogP contribution in [0.3, 0.4) is 0 Å². The molecule has 0 bridgehead atoms. The molecule has 4 aromatic rings. The highest BCUT2D eigenvalue weighted by Gasteiger charge is 2.11. The summed E-state index contributed by atoms with van der Waals surface area (Å²) in [6.07, 6.45) is 0. The van der Waals surface area contributed by atoms with Gasteiger partial charge in [0.1, 0.15) is 35.2 Å². The Morgan fingerprint density at radius 2 is 1.47 bits per heavy atom. The molecule has 4 aromatic carbocycles. The van der Waals surface area contributed by atoms with E-state index in [-0.39, 0.29) is 17.9 Å². The zero-order chi connectivity index (χ0) is 22.5. The first-order valence-corrected chi connectivity index (χ1v) is 9.90. The number of hydrogen-bond donors (Lipinski definition) is 3. The van der Waals surface area contributed by atoms with Crippen molar-refractivity contribution in [1.29, 1.82) is 0 Å². The number of carbonyl (C=O) groups is 1. The van der Waals surface area contributed by atoms with Crippen LogP contribution in [0.4, 0.5) is 5.69 Å². The number of aromatic hydroxyl groups is 1. The van der Waals surface area contributed by atoms with E-state index in [0.29, 0.717) is 22.9 Å². The van der Waals surface area contributed by atoms with Crippen molar-refractivity contribution >= 4 is 11.7 Å². The van der Waals surface area contributed by atoms with E-state index in [0.717, 1.165) is 16.7 Å². The first kappa shape index (κ1) is 20.8. The maximum atomic E-state index is 11.2. The number of nitrogens with two attached hydrogens (primary N) is 1. The fourth-order valence-electron chi connectivity index (χ4n) is 3.19. The molecule has 6 heteroatoms. The Morgan fingerprint density at radius 1 is 0.781 bits per heavy atom. The molecule has 0 atom stereocenters. The Balaban J connectivity index is 1.49. The van der Waals surface area contributed by atoms with E-state index >= 15 is 0 Å². The van der Waals surface area contributed by atoms with Gasteiger partial charge in [-0.2, -0.15) is 0 Å². The molecular weight excluding hydrogens is 406 g/mol. The van der Waals surface area contributed by atoms with Gasteiger partial charge in [0.15, 0.2) is 0 Å². The average molecular weight is 427 g/mol. The van der Waals surface area contributed by atoms with Crippen LogP contribution in [-0.2, 0) is 6.61 Å². The molecule has 0 aliphatic rings. The van der Waals surface area contributed by atoms with Gasteiger partial charge in [-0.25, -0.2) is 4.79 Å². The maximum Gasteiger partial charge on any atom is 0.339 e. The number of rotatable bonds is 7. The third-order valence-corrected chi connectivity index (χ3v) is 4.81. The van der Waals surface area contributed by atoms with Gasteiger partial charge >= 0.3 is 5.97 Å². The third kappa shape index (κ3) is 4.99. The molecule has 0 radical (unpaired) electrons. The van der Waals surface area contributed by atoms with Crippen molar-refractivity contribution in [3.8, 4) is 34.1 Å². The van der Waals surface area contributed by atoms with Gasteiger partial charge in [-0.3, -0.25) is 0 Å². The molecule has 0 fully saturated rings. The fourth-order valence-corrected chi connectivity index (χ4v) is 3.19. The number of hydrogen-bond acceptors (Lipinski definition) is 5. The zero-order valence-corrected chi connectivity index (χ0v) is 17.1. The SMILES string of the molecule is Nc1ccc(Oc2cccc(-c3cccc(COc4ccc(O)c(C(=O)O)c4)c3)c2)cc1. The van der Waals surface area contributed by atoms with Crippen molar-refractivity contribution in [3.05, 3.63) is 102 Å². The molecule has 0 aromatic heterocycles. The standard InChI is InChI=1S/C26H21NO5/c27-20-7-9-21(10-8-20)32-23-6-2-5-19(14-23)18-4-1-3-17(13-18)16-31-22-11-12-25(28)24(15-22)26(29)30/h1-15,28H,16,27H2,(H,29,30). The molecule has 0 saturated heterocycles. The van der Waals surface area contributed by atoms with Crippen LogP contribution in [0.5, 0.6) is 23.0 Å². The van der Waals surface area contributed by atoms with E-state index in [9.17, 15) is 9.90 Å². The summed E-state index contributed by atoms with van der Waals surface area (Å²) in [6.45, 7) is 0.249. The summed E-state index contributed by atoms with van der Waals surface area (Å²) < 4.78 is 11.7.